The molecule has 3 N–H and O–H groups in total. The molecule has 1 aromatic heterocycles. The van der Waals surface area contributed by atoms with Crippen LogP contribution in [-0.4, -0.2) is 9.97 Å². The highest BCUT2D eigenvalue weighted by Crippen LogP contribution is 2.31. The molecule has 21 heavy (non-hydrogen) atoms. The Balaban J connectivity index is 2.46. The van der Waals surface area contributed by atoms with E-state index >= 15 is 0 Å². The summed E-state index contributed by atoms with van der Waals surface area (Å²) in [5, 5.41) is 3.32. The smallest absolute Gasteiger partial charge is 0.139 e. The van der Waals surface area contributed by atoms with Crippen LogP contribution in [0.2, 0.25) is 0 Å². The largest absolute Gasteiger partial charge is 0.383 e. The molecule has 0 spiro atoms. The van der Waals surface area contributed by atoms with Crippen molar-refractivity contribution in [2.45, 2.75) is 33.1 Å². The first-order valence-electron chi connectivity index (χ1n) is 6.55. The second-order valence-corrected chi connectivity index (χ2v) is 7.68. The minimum absolute atomic E-state index is 0.158. The van der Waals surface area contributed by atoms with Gasteiger partial charge in [-0.15, -0.1) is 0 Å². The van der Waals surface area contributed by atoms with E-state index in [0.29, 0.717) is 5.82 Å². The Morgan fingerprint density at radius 3 is 2.38 bits per heavy atom. The maximum absolute atomic E-state index is 6.02. The summed E-state index contributed by atoms with van der Waals surface area (Å²) >= 11 is 6.98. The maximum atomic E-state index is 6.02. The quantitative estimate of drug-likeness (QED) is 0.732. The molecule has 0 atom stereocenters. The second kappa shape index (κ2) is 5.93. The van der Waals surface area contributed by atoms with E-state index in [1.807, 2.05) is 25.1 Å². The molecule has 1 heterocycles. The van der Waals surface area contributed by atoms with Gasteiger partial charge >= 0.3 is 0 Å². The Bertz CT molecular complexity index is 678. The molecule has 0 saturated carbocycles. The molecule has 0 fully saturated rings. The van der Waals surface area contributed by atoms with E-state index in [9.17, 15) is 0 Å². The predicted octanol–water partition coefficient (Wildman–Crippen LogP) is 4.93. The van der Waals surface area contributed by atoms with Gasteiger partial charge in [0, 0.05) is 19.9 Å². The summed E-state index contributed by atoms with van der Waals surface area (Å²) < 4.78 is 1.96. The number of nitrogens with two attached hydrogens (primary N) is 1. The number of aromatic nitrogens is 2. The molecule has 0 radical (unpaired) electrons. The van der Waals surface area contributed by atoms with Crippen molar-refractivity contribution in [2.75, 3.05) is 11.1 Å². The first-order valence-corrected chi connectivity index (χ1v) is 8.14. The van der Waals surface area contributed by atoms with E-state index in [1.165, 1.54) is 0 Å². The summed E-state index contributed by atoms with van der Waals surface area (Å²) in [6.07, 6.45) is 0. The molecule has 0 saturated heterocycles. The number of nitrogen functional groups attached to an aromatic ring is 1. The van der Waals surface area contributed by atoms with Gasteiger partial charge < -0.3 is 11.1 Å². The predicted molar refractivity (Wildman–Crippen MR) is 95.0 cm³/mol. The first-order chi connectivity index (χ1) is 9.68. The van der Waals surface area contributed by atoms with Crippen LogP contribution in [0.3, 0.4) is 0 Å². The van der Waals surface area contributed by atoms with E-state index in [1.54, 1.807) is 0 Å². The average Bonchev–Trinajstić information content (AvgIpc) is 2.36. The van der Waals surface area contributed by atoms with Crippen LogP contribution in [0, 0.1) is 6.92 Å². The van der Waals surface area contributed by atoms with Crippen molar-refractivity contribution in [1.29, 1.82) is 0 Å². The summed E-state index contributed by atoms with van der Waals surface area (Å²) in [5.41, 5.74) is 7.64. The van der Waals surface area contributed by atoms with Gasteiger partial charge in [0.05, 0.1) is 5.69 Å². The number of hydrogen-bond acceptors (Lipinski definition) is 4. The molecule has 0 aliphatic heterocycles. The maximum Gasteiger partial charge on any atom is 0.139 e. The summed E-state index contributed by atoms with van der Waals surface area (Å²) in [5.74, 6) is 1.96. The molecular formula is C15H18Br2N4. The Kier molecular flexibility index (Phi) is 4.58. The van der Waals surface area contributed by atoms with E-state index < -0.39 is 0 Å². The standard InChI is InChI=1S/C15H18Br2N4/c1-8-12(18)20-14(15(2,3)4)21-13(8)19-11-6-5-9(16)7-10(11)17/h5-7H,1-4H3,(H3,18,19,20,21). The fraction of sp³-hybridized carbons (Fsp3) is 0.333. The van der Waals surface area contributed by atoms with Gasteiger partial charge in [-0.2, -0.15) is 0 Å². The number of nitrogens with one attached hydrogen (secondary N) is 1. The number of anilines is 3. The van der Waals surface area contributed by atoms with Crippen LogP contribution < -0.4 is 11.1 Å². The molecular weight excluding hydrogens is 396 g/mol. The zero-order valence-corrected chi connectivity index (χ0v) is 15.6. The minimum Gasteiger partial charge on any atom is -0.383 e. The zero-order chi connectivity index (χ0) is 15.8. The van der Waals surface area contributed by atoms with Crippen LogP contribution in [0.5, 0.6) is 0 Å². The van der Waals surface area contributed by atoms with Crippen LogP contribution in [0.4, 0.5) is 17.3 Å². The molecule has 4 nitrogen and oxygen atoms in total. The second-order valence-electron chi connectivity index (χ2n) is 5.91. The monoisotopic (exact) mass is 412 g/mol. The van der Waals surface area contributed by atoms with Crippen LogP contribution >= 0.6 is 31.9 Å². The molecule has 112 valence electrons. The van der Waals surface area contributed by atoms with Crippen molar-refractivity contribution in [2.24, 2.45) is 0 Å². The van der Waals surface area contributed by atoms with Gasteiger partial charge in [-0.3, -0.25) is 0 Å². The van der Waals surface area contributed by atoms with Crippen LogP contribution in [0.15, 0.2) is 27.1 Å². The van der Waals surface area contributed by atoms with Crippen LogP contribution in [-0.2, 0) is 5.41 Å². The molecule has 0 aliphatic rings. The third-order valence-corrected chi connectivity index (χ3v) is 4.19. The summed E-state index contributed by atoms with van der Waals surface area (Å²) in [4.78, 5) is 9.02. The van der Waals surface area contributed by atoms with Gasteiger partial charge in [-0.1, -0.05) is 36.7 Å². The lowest BCUT2D eigenvalue weighted by Crippen LogP contribution is -2.18. The first kappa shape index (κ1) is 16.2. The Morgan fingerprint density at radius 1 is 1.14 bits per heavy atom. The highest BCUT2D eigenvalue weighted by atomic mass is 79.9. The summed E-state index contributed by atoms with van der Waals surface area (Å²) in [7, 11) is 0. The van der Waals surface area contributed by atoms with Crippen molar-refractivity contribution in [1.82, 2.24) is 9.97 Å². The lowest BCUT2D eigenvalue weighted by atomic mass is 9.95. The third-order valence-electron chi connectivity index (χ3n) is 3.04. The van der Waals surface area contributed by atoms with Gasteiger partial charge in [0.1, 0.15) is 17.5 Å². The van der Waals surface area contributed by atoms with Crippen LogP contribution in [0.1, 0.15) is 32.2 Å². The summed E-state index contributed by atoms with van der Waals surface area (Å²) in [6.45, 7) is 8.11. The molecule has 0 bridgehead atoms. The number of rotatable bonds is 2. The summed E-state index contributed by atoms with van der Waals surface area (Å²) in [6, 6.07) is 5.92. The van der Waals surface area contributed by atoms with Crippen molar-refractivity contribution < 1.29 is 0 Å². The lowest BCUT2D eigenvalue weighted by Gasteiger charge is -2.20. The van der Waals surface area contributed by atoms with Gasteiger partial charge in [0.25, 0.3) is 0 Å². The fourth-order valence-corrected chi connectivity index (χ4v) is 2.86. The van der Waals surface area contributed by atoms with Gasteiger partial charge in [0.15, 0.2) is 0 Å². The number of hydrogen-bond donors (Lipinski definition) is 2. The molecule has 2 rings (SSSR count). The van der Waals surface area contributed by atoms with Crippen molar-refractivity contribution in [3.63, 3.8) is 0 Å². The Morgan fingerprint density at radius 2 is 1.81 bits per heavy atom. The molecule has 0 amide bonds. The molecule has 2 aromatic rings. The third kappa shape index (κ3) is 3.74. The Hall–Kier alpha value is -1.14. The lowest BCUT2D eigenvalue weighted by molar-refractivity contribution is 0.546. The van der Waals surface area contributed by atoms with Crippen molar-refractivity contribution in [3.8, 4) is 0 Å². The average molecular weight is 414 g/mol. The van der Waals surface area contributed by atoms with E-state index in [0.717, 1.165) is 31.8 Å². The Labute approximate surface area is 141 Å². The van der Waals surface area contributed by atoms with E-state index in [-0.39, 0.29) is 5.41 Å². The van der Waals surface area contributed by atoms with E-state index in [2.05, 4.69) is 67.9 Å². The number of benzene rings is 1. The number of nitrogens with zero attached hydrogens (tertiary/aromatic N) is 2. The highest BCUT2D eigenvalue weighted by Gasteiger charge is 2.20. The number of halogens is 2. The van der Waals surface area contributed by atoms with Crippen LogP contribution in [0.25, 0.3) is 0 Å². The van der Waals surface area contributed by atoms with Crippen molar-refractivity contribution in [3.05, 3.63) is 38.5 Å². The molecule has 0 unspecified atom stereocenters. The van der Waals surface area contributed by atoms with Crippen molar-refractivity contribution >= 4 is 49.2 Å². The molecule has 0 aliphatic carbocycles. The fourth-order valence-electron chi connectivity index (χ4n) is 1.71. The van der Waals surface area contributed by atoms with Gasteiger partial charge in [0.2, 0.25) is 0 Å². The van der Waals surface area contributed by atoms with Gasteiger partial charge in [-0.25, -0.2) is 9.97 Å². The molecule has 1 aromatic carbocycles. The van der Waals surface area contributed by atoms with Gasteiger partial charge in [-0.05, 0) is 41.1 Å². The topological polar surface area (TPSA) is 63.8 Å². The van der Waals surface area contributed by atoms with E-state index in [4.69, 9.17) is 5.73 Å². The molecule has 6 heteroatoms. The SMILES string of the molecule is Cc1c(N)nc(C(C)(C)C)nc1Nc1ccc(Br)cc1Br. The zero-order valence-electron chi connectivity index (χ0n) is 12.5. The minimum atomic E-state index is -0.158. The normalized spacial score (nSPS) is 11.5. The highest BCUT2D eigenvalue weighted by molar-refractivity contribution is 9.11.